The maximum Gasteiger partial charge on any atom is 0.405 e. The number of hydrogen-bond acceptors (Lipinski definition) is 4. The highest BCUT2D eigenvalue weighted by Crippen LogP contribution is 2.16. The van der Waals surface area contributed by atoms with Gasteiger partial charge in [0, 0.05) is 11.8 Å². The van der Waals surface area contributed by atoms with Crippen LogP contribution in [-0.2, 0) is 9.59 Å². The molecule has 0 heterocycles. The molecule has 11 heteroatoms. The van der Waals surface area contributed by atoms with E-state index in [0.29, 0.717) is 22.9 Å². The van der Waals surface area contributed by atoms with Crippen molar-refractivity contribution in [3.05, 3.63) is 24.3 Å². The van der Waals surface area contributed by atoms with Gasteiger partial charge >= 0.3 is 12.2 Å². The van der Waals surface area contributed by atoms with Gasteiger partial charge in [-0.05, 0) is 19.1 Å². The van der Waals surface area contributed by atoms with Crippen LogP contribution in [0.4, 0.5) is 23.7 Å². The molecule has 4 amide bonds. The van der Waals surface area contributed by atoms with Crippen molar-refractivity contribution in [3.63, 3.8) is 0 Å². The molecule has 8 nitrogen and oxygen atoms in total. The summed E-state index contributed by atoms with van der Waals surface area (Å²) in [7, 11) is 1.49. The van der Waals surface area contributed by atoms with Crippen molar-refractivity contribution in [2.45, 2.75) is 13.1 Å². The summed E-state index contributed by atoms with van der Waals surface area (Å²) in [4.78, 5) is 35.6. The van der Waals surface area contributed by atoms with Crippen molar-refractivity contribution < 1.29 is 37.2 Å². The molecule has 0 fully saturated rings. The maximum atomic E-state index is 12.1. The monoisotopic (exact) mass is 391 g/mol. The molecule has 0 aliphatic carbocycles. The average molecular weight is 391 g/mol. The van der Waals surface area contributed by atoms with Crippen LogP contribution in [0, 0.1) is 0 Å². The van der Waals surface area contributed by atoms with Gasteiger partial charge < -0.3 is 20.3 Å². The zero-order valence-electron chi connectivity index (χ0n) is 14.9. The summed E-state index contributed by atoms with van der Waals surface area (Å²) in [5.41, 5.74) is 0.519. The summed E-state index contributed by atoms with van der Waals surface area (Å²) in [6.07, 6.45) is -4.57. The first-order valence-corrected chi connectivity index (χ1v) is 8.05. The first-order valence-electron chi connectivity index (χ1n) is 8.05. The van der Waals surface area contributed by atoms with E-state index in [0.717, 1.165) is 0 Å². The summed E-state index contributed by atoms with van der Waals surface area (Å²) in [6, 6.07) is 5.47. The third-order valence-electron chi connectivity index (χ3n) is 3.38. The molecule has 150 valence electrons. The maximum absolute atomic E-state index is 12.1. The van der Waals surface area contributed by atoms with Crippen LogP contribution in [0.5, 0.6) is 5.75 Å². The Hall–Kier alpha value is -2.82. The number of quaternary nitrogens is 1. The average Bonchev–Trinajstić information content (AvgIpc) is 2.58. The van der Waals surface area contributed by atoms with Gasteiger partial charge in [-0.3, -0.25) is 14.9 Å². The number of methoxy groups -OCH3 is 1. The molecule has 0 aromatic heterocycles. The molecular weight excluding hydrogens is 369 g/mol. The number of carbonyl (C=O) groups excluding carboxylic acids is 3. The largest absolute Gasteiger partial charge is 0.497 e. The van der Waals surface area contributed by atoms with Crippen molar-refractivity contribution >= 4 is 23.5 Å². The van der Waals surface area contributed by atoms with Crippen LogP contribution >= 0.6 is 0 Å². The lowest BCUT2D eigenvalue weighted by Gasteiger charge is -2.17. The topological polar surface area (TPSA) is 101 Å². The highest BCUT2D eigenvalue weighted by atomic mass is 19.4. The van der Waals surface area contributed by atoms with Crippen LogP contribution in [-0.4, -0.2) is 57.3 Å². The van der Waals surface area contributed by atoms with E-state index in [-0.39, 0.29) is 19.0 Å². The van der Waals surface area contributed by atoms with E-state index in [4.69, 9.17) is 4.74 Å². The molecular formula is C16H22F3N4O4+. The Morgan fingerprint density at radius 2 is 1.81 bits per heavy atom. The normalized spacial score (nSPS) is 12.0. The highest BCUT2D eigenvalue weighted by molar-refractivity contribution is 5.95. The number of anilines is 1. The number of amides is 4. The lowest BCUT2D eigenvalue weighted by atomic mass is 10.3. The number of urea groups is 1. The summed E-state index contributed by atoms with van der Waals surface area (Å²) in [6.45, 7) is 0.264. The van der Waals surface area contributed by atoms with Crippen molar-refractivity contribution in [3.8, 4) is 5.75 Å². The number of alkyl halides is 3. The molecule has 0 saturated heterocycles. The summed E-state index contributed by atoms with van der Waals surface area (Å²) < 4.78 is 41.1. The Morgan fingerprint density at radius 1 is 1.15 bits per heavy atom. The molecule has 4 N–H and O–H groups in total. The Balaban J connectivity index is 2.46. The molecule has 1 unspecified atom stereocenters. The van der Waals surface area contributed by atoms with Gasteiger partial charge in [-0.1, -0.05) is 6.07 Å². The fraction of sp³-hybridized carbons (Fsp3) is 0.438. The minimum atomic E-state index is -4.57. The smallest absolute Gasteiger partial charge is 0.405 e. The number of benzene rings is 1. The SMILES string of the molecule is CC[NH+](CC(=O)NC(=O)NCC(F)(F)F)CC(=O)Nc1cccc(OC)c1. The lowest BCUT2D eigenvalue weighted by Crippen LogP contribution is -3.14. The highest BCUT2D eigenvalue weighted by Gasteiger charge is 2.28. The quantitative estimate of drug-likeness (QED) is 0.498. The van der Waals surface area contributed by atoms with E-state index < -0.39 is 24.7 Å². The molecule has 27 heavy (non-hydrogen) atoms. The Labute approximate surface area is 154 Å². The first kappa shape index (κ1) is 22.2. The number of rotatable bonds is 8. The van der Waals surface area contributed by atoms with Crippen molar-refractivity contribution in [2.75, 3.05) is 38.6 Å². The molecule has 0 aliphatic heterocycles. The molecule has 0 saturated carbocycles. The summed E-state index contributed by atoms with van der Waals surface area (Å²) in [5.74, 6) is -0.591. The van der Waals surface area contributed by atoms with Gasteiger partial charge in [-0.15, -0.1) is 0 Å². The number of imide groups is 1. The van der Waals surface area contributed by atoms with Crippen molar-refractivity contribution in [2.24, 2.45) is 0 Å². The van der Waals surface area contributed by atoms with Crippen LogP contribution in [0.25, 0.3) is 0 Å². The third kappa shape index (κ3) is 9.45. The van der Waals surface area contributed by atoms with E-state index in [1.807, 2.05) is 0 Å². The van der Waals surface area contributed by atoms with Crippen LogP contribution in [0.15, 0.2) is 24.3 Å². The van der Waals surface area contributed by atoms with E-state index in [2.05, 4.69) is 5.32 Å². The number of carbonyl (C=O) groups is 3. The minimum Gasteiger partial charge on any atom is -0.497 e. The number of halogens is 3. The van der Waals surface area contributed by atoms with Gasteiger partial charge in [0.2, 0.25) is 0 Å². The van der Waals surface area contributed by atoms with E-state index >= 15 is 0 Å². The van der Waals surface area contributed by atoms with Crippen LogP contribution in [0.2, 0.25) is 0 Å². The van der Waals surface area contributed by atoms with Gasteiger partial charge in [0.1, 0.15) is 12.3 Å². The number of nitrogens with one attached hydrogen (secondary N) is 4. The van der Waals surface area contributed by atoms with Crippen LogP contribution in [0.1, 0.15) is 6.92 Å². The second-order valence-corrected chi connectivity index (χ2v) is 5.58. The summed E-state index contributed by atoms with van der Waals surface area (Å²) >= 11 is 0. The molecule has 1 aromatic rings. The zero-order valence-corrected chi connectivity index (χ0v) is 14.9. The predicted molar refractivity (Wildman–Crippen MR) is 90.5 cm³/mol. The lowest BCUT2D eigenvalue weighted by molar-refractivity contribution is -0.881. The second kappa shape index (κ2) is 10.4. The summed E-state index contributed by atoms with van der Waals surface area (Å²) in [5, 5.41) is 5.99. The van der Waals surface area contributed by atoms with E-state index in [1.165, 1.54) is 12.4 Å². The Bertz CT molecular complexity index is 667. The van der Waals surface area contributed by atoms with Gasteiger partial charge in [-0.2, -0.15) is 13.2 Å². The van der Waals surface area contributed by atoms with E-state index in [1.54, 1.807) is 36.5 Å². The number of hydrogen-bond donors (Lipinski definition) is 4. The Kier molecular flexibility index (Phi) is 8.52. The Morgan fingerprint density at radius 3 is 2.41 bits per heavy atom. The van der Waals surface area contributed by atoms with Crippen molar-refractivity contribution in [1.29, 1.82) is 0 Å². The molecule has 1 rings (SSSR count). The van der Waals surface area contributed by atoms with Crippen molar-refractivity contribution in [1.82, 2.24) is 10.6 Å². The standard InChI is InChI=1S/C16H21F3N4O4/c1-3-23(9-14(25)22-15(26)20-10-16(17,18)19)8-13(24)21-11-5-4-6-12(7-11)27-2/h4-7H,3,8-10H2,1-2H3,(H,21,24)(H2,20,22,25,26)/p+1. The molecule has 1 aromatic carbocycles. The van der Waals surface area contributed by atoms with E-state index in [9.17, 15) is 27.6 Å². The molecule has 0 radical (unpaired) electrons. The number of ether oxygens (including phenoxy) is 1. The van der Waals surface area contributed by atoms with Crippen LogP contribution < -0.4 is 25.6 Å². The third-order valence-corrected chi connectivity index (χ3v) is 3.38. The van der Waals surface area contributed by atoms with Gasteiger partial charge in [0.15, 0.2) is 13.1 Å². The molecule has 0 aliphatic rings. The van der Waals surface area contributed by atoms with Gasteiger partial charge in [0.05, 0.1) is 13.7 Å². The molecule has 0 spiro atoms. The number of likely N-dealkylation sites (N-methyl/N-ethyl adjacent to an activating group) is 1. The van der Waals surface area contributed by atoms with Crippen LogP contribution in [0.3, 0.4) is 0 Å². The minimum absolute atomic E-state index is 0.0642. The predicted octanol–water partition coefficient (Wildman–Crippen LogP) is -0.0734. The molecule has 1 atom stereocenters. The molecule has 0 bridgehead atoms. The second-order valence-electron chi connectivity index (χ2n) is 5.58. The van der Waals surface area contributed by atoms with Gasteiger partial charge in [0.25, 0.3) is 11.8 Å². The fourth-order valence-corrected chi connectivity index (χ4v) is 2.07. The van der Waals surface area contributed by atoms with Gasteiger partial charge in [-0.25, -0.2) is 4.79 Å². The zero-order chi connectivity index (χ0) is 20.4. The first-order chi connectivity index (χ1) is 12.6. The fourth-order valence-electron chi connectivity index (χ4n) is 2.07.